The SMILES string of the molecule is CC(C)c1ccccc1NC(=O)c1cc(Cl)ncc1Cl. The third-order valence-corrected chi connectivity index (χ3v) is 3.41. The summed E-state index contributed by atoms with van der Waals surface area (Å²) in [5, 5.41) is 3.37. The fourth-order valence-electron chi connectivity index (χ4n) is 1.89. The molecule has 20 heavy (non-hydrogen) atoms. The number of hydrogen-bond acceptors (Lipinski definition) is 2. The third-order valence-electron chi connectivity index (χ3n) is 2.90. The molecule has 1 amide bonds. The number of carbonyl (C=O) groups excluding carboxylic acids is 1. The number of nitrogens with one attached hydrogen (secondary N) is 1. The van der Waals surface area contributed by atoms with Gasteiger partial charge >= 0.3 is 0 Å². The van der Waals surface area contributed by atoms with Crippen LogP contribution in [-0.4, -0.2) is 10.9 Å². The quantitative estimate of drug-likeness (QED) is 0.830. The summed E-state index contributed by atoms with van der Waals surface area (Å²) in [6.45, 7) is 4.14. The van der Waals surface area contributed by atoms with Crippen LogP contribution in [0.2, 0.25) is 10.2 Å². The molecular formula is C15H14Cl2N2O. The van der Waals surface area contributed by atoms with Gasteiger partial charge in [0.2, 0.25) is 0 Å². The summed E-state index contributed by atoms with van der Waals surface area (Å²) in [7, 11) is 0. The summed E-state index contributed by atoms with van der Waals surface area (Å²) in [5.41, 5.74) is 2.15. The molecule has 1 N–H and O–H groups in total. The average Bonchev–Trinajstić information content (AvgIpc) is 2.41. The summed E-state index contributed by atoms with van der Waals surface area (Å²) < 4.78 is 0. The number of aromatic nitrogens is 1. The van der Waals surface area contributed by atoms with Crippen molar-refractivity contribution in [3.63, 3.8) is 0 Å². The van der Waals surface area contributed by atoms with E-state index >= 15 is 0 Å². The zero-order valence-electron chi connectivity index (χ0n) is 11.2. The predicted octanol–water partition coefficient (Wildman–Crippen LogP) is 4.76. The molecule has 0 unspecified atom stereocenters. The largest absolute Gasteiger partial charge is 0.322 e. The van der Waals surface area contributed by atoms with Crippen LogP contribution in [0.1, 0.15) is 35.7 Å². The van der Waals surface area contributed by atoms with E-state index in [0.29, 0.717) is 11.5 Å². The lowest BCUT2D eigenvalue weighted by Gasteiger charge is -2.14. The molecule has 0 saturated carbocycles. The minimum atomic E-state index is -0.299. The lowest BCUT2D eigenvalue weighted by atomic mass is 10.0. The van der Waals surface area contributed by atoms with Crippen molar-refractivity contribution in [2.75, 3.05) is 5.32 Å². The topological polar surface area (TPSA) is 42.0 Å². The molecule has 2 aromatic rings. The maximum absolute atomic E-state index is 12.3. The maximum Gasteiger partial charge on any atom is 0.257 e. The Labute approximate surface area is 127 Å². The Morgan fingerprint density at radius 3 is 2.65 bits per heavy atom. The molecule has 0 aliphatic rings. The number of para-hydroxylation sites is 1. The van der Waals surface area contributed by atoms with E-state index in [0.717, 1.165) is 11.3 Å². The number of carbonyl (C=O) groups is 1. The van der Waals surface area contributed by atoms with Gasteiger partial charge in [-0.1, -0.05) is 55.2 Å². The Morgan fingerprint density at radius 2 is 1.95 bits per heavy atom. The van der Waals surface area contributed by atoms with E-state index in [1.165, 1.54) is 12.3 Å². The van der Waals surface area contributed by atoms with Crippen LogP contribution in [0.25, 0.3) is 0 Å². The first-order valence-corrected chi connectivity index (χ1v) is 6.96. The summed E-state index contributed by atoms with van der Waals surface area (Å²) >= 11 is 11.8. The molecule has 0 fully saturated rings. The van der Waals surface area contributed by atoms with Gasteiger partial charge in [-0.15, -0.1) is 0 Å². The second-order valence-electron chi connectivity index (χ2n) is 4.68. The predicted molar refractivity (Wildman–Crippen MR) is 82.7 cm³/mol. The first-order chi connectivity index (χ1) is 9.49. The van der Waals surface area contributed by atoms with Crippen LogP contribution in [0, 0.1) is 0 Å². The van der Waals surface area contributed by atoms with Gasteiger partial charge in [0.15, 0.2) is 0 Å². The fourth-order valence-corrected chi connectivity index (χ4v) is 2.24. The van der Waals surface area contributed by atoms with Crippen molar-refractivity contribution in [1.82, 2.24) is 4.98 Å². The summed E-state index contributed by atoms with van der Waals surface area (Å²) in [4.78, 5) is 16.1. The molecule has 0 bridgehead atoms. The maximum atomic E-state index is 12.3. The highest BCUT2D eigenvalue weighted by Crippen LogP contribution is 2.25. The molecule has 1 aromatic heterocycles. The molecule has 0 saturated heterocycles. The number of benzene rings is 1. The second-order valence-corrected chi connectivity index (χ2v) is 5.48. The van der Waals surface area contributed by atoms with Crippen molar-refractivity contribution < 1.29 is 4.79 Å². The Hall–Kier alpha value is -1.58. The van der Waals surface area contributed by atoms with Gasteiger partial charge in [-0.2, -0.15) is 0 Å². The van der Waals surface area contributed by atoms with Gasteiger partial charge in [-0.3, -0.25) is 4.79 Å². The highest BCUT2D eigenvalue weighted by molar-refractivity contribution is 6.35. The number of amides is 1. The number of pyridine rings is 1. The molecule has 3 nitrogen and oxygen atoms in total. The van der Waals surface area contributed by atoms with Crippen LogP contribution in [0.5, 0.6) is 0 Å². The summed E-state index contributed by atoms with van der Waals surface area (Å²) in [6, 6.07) is 9.13. The van der Waals surface area contributed by atoms with Crippen LogP contribution in [-0.2, 0) is 0 Å². The van der Waals surface area contributed by atoms with Gasteiger partial charge in [-0.05, 0) is 23.6 Å². The van der Waals surface area contributed by atoms with E-state index in [2.05, 4.69) is 24.1 Å². The standard InChI is InChI=1S/C15H14Cl2N2O/c1-9(2)10-5-3-4-6-13(10)19-15(20)11-7-14(17)18-8-12(11)16/h3-9H,1-2H3,(H,19,20). The van der Waals surface area contributed by atoms with E-state index < -0.39 is 0 Å². The summed E-state index contributed by atoms with van der Waals surface area (Å²) in [6.07, 6.45) is 1.37. The van der Waals surface area contributed by atoms with Crippen molar-refractivity contribution in [1.29, 1.82) is 0 Å². The molecule has 5 heteroatoms. The monoisotopic (exact) mass is 308 g/mol. The van der Waals surface area contributed by atoms with Crippen LogP contribution < -0.4 is 5.32 Å². The number of rotatable bonds is 3. The first kappa shape index (κ1) is 14.8. The smallest absolute Gasteiger partial charge is 0.257 e. The Balaban J connectivity index is 2.31. The molecule has 1 aromatic carbocycles. The summed E-state index contributed by atoms with van der Waals surface area (Å²) in [5.74, 6) is 0.00963. The van der Waals surface area contributed by atoms with Crippen LogP contribution in [0.4, 0.5) is 5.69 Å². The molecule has 104 valence electrons. The number of anilines is 1. The van der Waals surface area contributed by atoms with Gasteiger partial charge < -0.3 is 5.32 Å². The average molecular weight is 309 g/mol. The van der Waals surface area contributed by atoms with E-state index in [9.17, 15) is 4.79 Å². The van der Waals surface area contributed by atoms with E-state index in [4.69, 9.17) is 23.2 Å². The number of hydrogen-bond donors (Lipinski definition) is 1. The van der Waals surface area contributed by atoms with Gasteiger partial charge in [0, 0.05) is 11.9 Å². The Morgan fingerprint density at radius 1 is 1.25 bits per heavy atom. The number of nitrogens with zero attached hydrogens (tertiary/aromatic N) is 1. The molecule has 1 heterocycles. The van der Waals surface area contributed by atoms with Gasteiger partial charge in [0.25, 0.3) is 5.91 Å². The van der Waals surface area contributed by atoms with Crippen molar-refractivity contribution in [2.24, 2.45) is 0 Å². The molecule has 0 atom stereocenters. The molecule has 2 rings (SSSR count). The highest BCUT2D eigenvalue weighted by atomic mass is 35.5. The molecule has 0 aliphatic heterocycles. The van der Waals surface area contributed by atoms with Crippen molar-refractivity contribution >= 4 is 34.8 Å². The van der Waals surface area contributed by atoms with Crippen LogP contribution in [0.15, 0.2) is 36.5 Å². The lowest BCUT2D eigenvalue weighted by molar-refractivity contribution is 0.102. The van der Waals surface area contributed by atoms with E-state index in [1.807, 2.05) is 24.3 Å². The molecule has 0 spiro atoms. The molecular weight excluding hydrogens is 295 g/mol. The van der Waals surface area contributed by atoms with Crippen LogP contribution >= 0.6 is 23.2 Å². The fraction of sp³-hybridized carbons (Fsp3) is 0.200. The zero-order chi connectivity index (χ0) is 14.7. The molecule has 0 aliphatic carbocycles. The minimum Gasteiger partial charge on any atom is -0.322 e. The van der Waals surface area contributed by atoms with Gasteiger partial charge in [0.1, 0.15) is 5.15 Å². The van der Waals surface area contributed by atoms with Crippen LogP contribution in [0.3, 0.4) is 0 Å². The first-order valence-electron chi connectivity index (χ1n) is 6.20. The number of halogens is 2. The van der Waals surface area contributed by atoms with Crippen molar-refractivity contribution in [3.8, 4) is 0 Å². The lowest BCUT2D eigenvalue weighted by Crippen LogP contribution is -2.14. The third kappa shape index (κ3) is 3.30. The second kappa shape index (κ2) is 6.25. The van der Waals surface area contributed by atoms with Crippen molar-refractivity contribution in [2.45, 2.75) is 19.8 Å². The molecule has 0 radical (unpaired) electrons. The van der Waals surface area contributed by atoms with E-state index in [1.54, 1.807) is 0 Å². The zero-order valence-corrected chi connectivity index (χ0v) is 12.7. The van der Waals surface area contributed by atoms with Gasteiger partial charge in [-0.25, -0.2) is 4.98 Å². The van der Waals surface area contributed by atoms with E-state index in [-0.39, 0.29) is 16.1 Å². The minimum absolute atomic E-state index is 0.233. The van der Waals surface area contributed by atoms with Crippen molar-refractivity contribution in [3.05, 3.63) is 57.8 Å². The highest BCUT2D eigenvalue weighted by Gasteiger charge is 2.14. The normalized spacial score (nSPS) is 10.7. The Kier molecular flexibility index (Phi) is 4.63. The van der Waals surface area contributed by atoms with Gasteiger partial charge in [0.05, 0.1) is 10.6 Å². The Bertz CT molecular complexity index is 642.